The van der Waals surface area contributed by atoms with Crippen LogP contribution in [-0.4, -0.2) is 34.1 Å². The molecule has 2 aliphatic rings. The van der Waals surface area contributed by atoms with Crippen molar-refractivity contribution < 1.29 is 4.79 Å². The van der Waals surface area contributed by atoms with Gasteiger partial charge in [0.1, 0.15) is 17.0 Å². The van der Waals surface area contributed by atoms with E-state index < -0.39 is 16.8 Å². The lowest BCUT2D eigenvalue weighted by Crippen LogP contribution is -2.50. The third-order valence-electron chi connectivity index (χ3n) is 7.19. The first-order chi connectivity index (χ1) is 17.4. The molecule has 9 nitrogen and oxygen atoms in total. The number of benzene rings is 1. The number of aromatic nitrogens is 2. The van der Waals surface area contributed by atoms with Gasteiger partial charge >= 0.3 is 5.69 Å². The maximum absolute atomic E-state index is 13.1. The van der Waals surface area contributed by atoms with Crippen LogP contribution in [0.2, 0.25) is 0 Å². The van der Waals surface area contributed by atoms with Gasteiger partial charge in [0, 0.05) is 6.54 Å². The van der Waals surface area contributed by atoms with Crippen LogP contribution in [0.1, 0.15) is 63.4 Å². The maximum atomic E-state index is 13.1. The highest BCUT2D eigenvalue weighted by molar-refractivity contribution is 5.83. The van der Waals surface area contributed by atoms with Crippen LogP contribution in [0, 0.1) is 11.3 Å². The van der Waals surface area contributed by atoms with Gasteiger partial charge in [0.2, 0.25) is 5.91 Å². The van der Waals surface area contributed by atoms with Crippen molar-refractivity contribution in [3.8, 4) is 6.07 Å². The Morgan fingerprint density at radius 3 is 2.58 bits per heavy atom. The second kappa shape index (κ2) is 11.3. The van der Waals surface area contributed by atoms with Gasteiger partial charge in [0.15, 0.2) is 0 Å². The number of nitrogens with two attached hydrogens (primary N) is 1. The van der Waals surface area contributed by atoms with Crippen LogP contribution in [0.15, 0.2) is 51.6 Å². The van der Waals surface area contributed by atoms with Gasteiger partial charge in [-0.25, -0.2) is 4.79 Å². The number of amides is 1. The maximum Gasteiger partial charge on any atom is 0.330 e. The predicted octanol–water partition coefficient (Wildman–Crippen LogP) is 2.82. The molecule has 4 N–H and O–H groups in total. The molecule has 1 aromatic heterocycles. The Bertz CT molecular complexity index is 1270. The van der Waals surface area contributed by atoms with Crippen molar-refractivity contribution in [2.45, 2.75) is 69.9 Å². The fourth-order valence-corrected chi connectivity index (χ4v) is 5.21. The summed E-state index contributed by atoms with van der Waals surface area (Å²) in [5, 5.41) is 12.6. The minimum atomic E-state index is -0.862. The monoisotopic (exact) mass is 490 g/mol. The van der Waals surface area contributed by atoms with Crippen molar-refractivity contribution in [2.75, 3.05) is 23.7 Å². The largest absolute Gasteiger partial charge is 0.383 e. The smallest absolute Gasteiger partial charge is 0.330 e. The molecular formula is C27H34N6O3. The first-order valence-electron chi connectivity index (χ1n) is 12.7. The summed E-state index contributed by atoms with van der Waals surface area (Å²) in [5.41, 5.74) is 6.61. The number of nitrogen functional groups attached to an aromatic ring is 1. The van der Waals surface area contributed by atoms with Gasteiger partial charge in [-0.2, -0.15) is 5.26 Å². The summed E-state index contributed by atoms with van der Waals surface area (Å²) in [6.07, 6.45) is 10.3. The predicted molar refractivity (Wildman–Crippen MR) is 140 cm³/mol. The van der Waals surface area contributed by atoms with Gasteiger partial charge in [-0.1, -0.05) is 42.0 Å². The number of rotatable bonds is 9. The number of allylic oxidation sites excluding steroid dienone is 1. The Morgan fingerprint density at radius 1 is 1.17 bits per heavy atom. The molecule has 0 radical (unpaired) electrons. The third kappa shape index (κ3) is 5.88. The van der Waals surface area contributed by atoms with Crippen LogP contribution in [-0.2, 0) is 11.3 Å². The third-order valence-corrected chi connectivity index (χ3v) is 7.19. The van der Waals surface area contributed by atoms with E-state index in [1.165, 1.54) is 16.6 Å². The average Bonchev–Trinajstić information content (AvgIpc) is 3.35. The lowest BCUT2D eigenvalue weighted by molar-refractivity contribution is -0.121. The van der Waals surface area contributed by atoms with Crippen molar-refractivity contribution in [2.24, 2.45) is 0 Å². The lowest BCUT2D eigenvalue weighted by Gasteiger charge is -2.29. The second-order valence-corrected chi connectivity index (χ2v) is 9.79. The molecule has 190 valence electrons. The summed E-state index contributed by atoms with van der Waals surface area (Å²) in [4.78, 5) is 42.8. The number of hydrogen-bond acceptors (Lipinski definition) is 6. The van der Waals surface area contributed by atoms with E-state index in [-0.39, 0.29) is 30.5 Å². The summed E-state index contributed by atoms with van der Waals surface area (Å²) in [5.74, 6) is -0.315. The molecule has 0 unspecified atom stereocenters. The summed E-state index contributed by atoms with van der Waals surface area (Å²) in [7, 11) is 0. The summed E-state index contributed by atoms with van der Waals surface area (Å²) < 4.78 is 1.32. The van der Waals surface area contributed by atoms with Crippen molar-refractivity contribution in [3.05, 3.63) is 68.4 Å². The van der Waals surface area contributed by atoms with E-state index in [1.54, 1.807) is 4.90 Å². The van der Waals surface area contributed by atoms with E-state index in [0.29, 0.717) is 25.8 Å². The highest BCUT2D eigenvalue weighted by atomic mass is 16.2. The van der Waals surface area contributed by atoms with Crippen molar-refractivity contribution in [1.29, 1.82) is 5.26 Å². The molecule has 2 aromatic rings. The van der Waals surface area contributed by atoms with E-state index in [1.807, 2.05) is 30.3 Å². The SMILES string of the molecule is N#CC1(NC(=O)CN(CCC2=CCCCC2)c2c(N)n(Cc3ccccc3)c(=O)[nH]c2=O)CCCC1. The molecule has 1 aromatic carbocycles. The molecule has 1 fully saturated rings. The molecule has 9 heteroatoms. The number of H-pyrrole nitrogens is 1. The number of anilines is 2. The molecular weight excluding hydrogens is 456 g/mol. The van der Waals surface area contributed by atoms with Crippen molar-refractivity contribution in [1.82, 2.24) is 14.9 Å². The van der Waals surface area contributed by atoms with Gasteiger partial charge in [0.25, 0.3) is 5.56 Å². The molecule has 0 bridgehead atoms. The van der Waals surface area contributed by atoms with Crippen molar-refractivity contribution >= 4 is 17.4 Å². The van der Waals surface area contributed by atoms with Gasteiger partial charge in [-0.05, 0) is 63.4 Å². The summed E-state index contributed by atoms with van der Waals surface area (Å²) >= 11 is 0. The molecule has 0 atom stereocenters. The van der Waals surface area contributed by atoms with E-state index in [2.05, 4.69) is 22.4 Å². The molecule has 36 heavy (non-hydrogen) atoms. The fraction of sp³-hybridized carbons (Fsp3) is 0.481. The van der Waals surface area contributed by atoms with Gasteiger partial charge in [0.05, 0.1) is 19.2 Å². The number of nitrogens with one attached hydrogen (secondary N) is 2. The van der Waals surface area contributed by atoms with Crippen LogP contribution in [0.3, 0.4) is 0 Å². The summed E-state index contributed by atoms with van der Waals surface area (Å²) in [6, 6.07) is 11.6. The van der Waals surface area contributed by atoms with Crippen LogP contribution in [0.4, 0.5) is 11.5 Å². The van der Waals surface area contributed by atoms with Crippen LogP contribution in [0.5, 0.6) is 0 Å². The van der Waals surface area contributed by atoms with Gasteiger partial charge < -0.3 is 16.0 Å². The molecule has 1 saturated carbocycles. The number of nitrogens with zero attached hydrogens (tertiary/aromatic N) is 3. The molecule has 1 heterocycles. The average molecular weight is 491 g/mol. The van der Waals surface area contributed by atoms with E-state index in [0.717, 1.165) is 37.7 Å². The minimum absolute atomic E-state index is 0.0221. The number of hydrogen-bond donors (Lipinski definition) is 3. The van der Waals surface area contributed by atoms with E-state index in [9.17, 15) is 19.6 Å². The fourth-order valence-electron chi connectivity index (χ4n) is 5.21. The highest BCUT2D eigenvalue weighted by Crippen LogP contribution is 2.29. The zero-order valence-corrected chi connectivity index (χ0v) is 20.6. The Labute approximate surface area is 210 Å². The van der Waals surface area contributed by atoms with Crippen LogP contribution in [0.25, 0.3) is 0 Å². The first kappa shape index (κ1) is 25.3. The van der Waals surface area contributed by atoms with E-state index in [4.69, 9.17) is 5.73 Å². The standard InChI is InChI=1S/C27H34N6O3/c28-19-27(14-7-8-15-27)31-22(34)18-32(16-13-20-9-3-1-4-10-20)23-24(29)33(26(36)30-25(23)35)17-21-11-5-2-6-12-21/h2,5-6,9,11-12H,1,3-4,7-8,10,13-18,29H2,(H,31,34)(H,30,35,36). The second-order valence-electron chi connectivity index (χ2n) is 9.79. The van der Waals surface area contributed by atoms with E-state index >= 15 is 0 Å². The van der Waals surface area contributed by atoms with Gasteiger partial charge in [-0.3, -0.25) is 19.1 Å². The molecule has 0 aliphatic heterocycles. The number of nitriles is 1. The number of carbonyl (C=O) groups is 1. The quantitative estimate of drug-likeness (QED) is 0.462. The topological polar surface area (TPSA) is 137 Å². The molecule has 1 amide bonds. The van der Waals surface area contributed by atoms with Crippen LogP contribution >= 0.6 is 0 Å². The number of aromatic amines is 1. The van der Waals surface area contributed by atoms with Crippen molar-refractivity contribution in [3.63, 3.8) is 0 Å². The molecule has 2 aliphatic carbocycles. The Balaban J connectivity index is 1.64. The minimum Gasteiger partial charge on any atom is -0.383 e. The summed E-state index contributed by atoms with van der Waals surface area (Å²) in [6.45, 7) is 0.460. The molecule has 0 saturated heterocycles. The Kier molecular flexibility index (Phi) is 7.93. The lowest BCUT2D eigenvalue weighted by atomic mass is 9.97. The Morgan fingerprint density at radius 2 is 1.92 bits per heavy atom. The van der Waals surface area contributed by atoms with Crippen LogP contribution < -0.4 is 27.2 Å². The first-order valence-corrected chi connectivity index (χ1v) is 12.7. The zero-order valence-electron chi connectivity index (χ0n) is 20.6. The Hall–Kier alpha value is -3.80. The highest BCUT2D eigenvalue weighted by Gasteiger charge is 2.36. The number of carbonyl (C=O) groups excluding carboxylic acids is 1. The normalized spacial score (nSPS) is 16.7. The molecule has 0 spiro atoms. The molecule has 4 rings (SSSR count). The zero-order chi connectivity index (χ0) is 25.5. The van der Waals surface area contributed by atoms with Gasteiger partial charge in [-0.15, -0.1) is 0 Å².